The molecule has 0 unspecified atom stereocenters. The van der Waals surface area contributed by atoms with Gasteiger partial charge in [0.05, 0.1) is 27.6 Å². The Morgan fingerprint density at radius 3 is 2.59 bits per heavy atom. The van der Waals surface area contributed by atoms with E-state index >= 15 is 0 Å². The summed E-state index contributed by atoms with van der Waals surface area (Å²) in [5.41, 5.74) is 0.792. The van der Waals surface area contributed by atoms with Crippen molar-refractivity contribution >= 4 is 66.6 Å². The van der Waals surface area contributed by atoms with E-state index in [0.29, 0.717) is 27.5 Å². The fourth-order valence-corrected chi connectivity index (χ4v) is 6.52. The molecule has 0 radical (unpaired) electrons. The molecule has 0 bridgehead atoms. The molecule has 4 rings (SSSR count). The van der Waals surface area contributed by atoms with Crippen LogP contribution in [0.25, 0.3) is 10.1 Å². The molecule has 1 aliphatic heterocycles. The molecule has 0 amide bonds. The highest BCUT2D eigenvalue weighted by atomic mass is 35.5. The molecule has 1 fully saturated rings. The van der Waals surface area contributed by atoms with Crippen molar-refractivity contribution in [2.75, 3.05) is 11.5 Å². The summed E-state index contributed by atoms with van der Waals surface area (Å²) in [6.45, 7) is 0. The third kappa shape index (κ3) is 4.48. The number of ether oxygens (including phenoxy) is 1. The van der Waals surface area contributed by atoms with Gasteiger partial charge in [0.2, 0.25) is 0 Å². The summed E-state index contributed by atoms with van der Waals surface area (Å²) in [4.78, 5) is 17.2. The van der Waals surface area contributed by atoms with E-state index in [1.807, 2.05) is 6.07 Å². The summed E-state index contributed by atoms with van der Waals surface area (Å²) >= 11 is 13.7. The molecule has 2 aromatic carbocycles. The zero-order valence-corrected chi connectivity index (χ0v) is 18.1. The van der Waals surface area contributed by atoms with Gasteiger partial charge in [0.25, 0.3) is 0 Å². The molecule has 3 aromatic rings. The predicted octanol–water partition coefficient (Wildman–Crippen LogP) is 5.03. The van der Waals surface area contributed by atoms with Gasteiger partial charge in [-0.25, -0.2) is 13.2 Å². The molecule has 0 spiro atoms. The van der Waals surface area contributed by atoms with E-state index in [4.69, 9.17) is 27.9 Å². The molecule has 0 N–H and O–H groups in total. The lowest BCUT2D eigenvalue weighted by molar-refractivity contribution is 0.0740. The maximum absolute atomic E-state index is 12.5. The highest BCUT2D eigenvalue weighted by molar-refractivity contribution is 7.91. The smallest absolute Gasteiger partial charge is 0.355 e. The maximum atomic E-state index is 12.5. The van der Waals surface area contributed by atoms with Crippen molar-refractivity contribution in [2.45, 2.75) is 12.5 Å². The number of thiophene rings is 1. The van der Waals surface area contributed by atoms with Crippen molar-refractivity contribution in [1.29, 1.82) is 0 Å². The summed E-state index contributed by atoms with van der Waals surface area (Å²) in [5, 5.41) is 1.42. The number of esters is 1. The third-order valence-electron chi connectivity index (χ3n) is 4.53. The highest BCUT2D eigenvalue weighted by Gasteiger charge is 2.26. The summed E-state index contributed by atoms with van der Waals surface area (Å²) in [7, 11) is -2.95. The van der Waals surface area contributed by atoms with Crippen molar-refractivity contribution in [3.05, 3.63) is 63.0 Å². The largest absolute Gasteiger partial charge is 0.422 e. The molecule has 9 heteroatoms. The number of aliphatic imine (C=N–C) groups is 1. The lowest BCUT2D eigenvalue weighted by atomic mass is 10.2. The Morgan fingerprint density at radius 2 is 1.93 bits per heavy atom. The minimum atomic E-state index is -2.95. The van der Waals surface area contributed by atoms with Crippen LogP contribution in [0.15, 0.2) is 47.5 Å². The minimum absolute atomic E-state index is 0.0964. The van der Waals surface area contributed by atoms with Gasteiger partial charge in [-0.3, -0.25) is 4.99 Å². The van der Waals surface area contributed by atoms with E-state index in [1.54, 1.807) is 42.6 Å². The molecule has 1 aromatic heterocycles. The molecule has 0 saturated carbocycles. The Kier molecular flexibility index (Phi) is 5.66. The fourth-order valence-electron chi connectivity index (χ4n) is 3.06. The van der Waals surface area contributed by atoms with Crippen LogP contribution in [0.5, 0.6) is 5.75 Å². The second kappa shape index (κ2) is 8.07. The number of carbonyl (C=O) groups is 1. The van der Waals surface area contributed by atoms with E-state index in [2.05, 4.69) is 4.99 Å². The second-order valence-electron chi connectivity index (χ2n) is 6.65. The second-order valence-corrected chi connectivity index (χ2v) is 10.7. The lowest BCUT2D eigenvalue weighted by Crippen LogP contribution is -2.08. The van der Waals surface area contributed by atoms with Gasteiger partial charge in [-0.05, 0) is 48.4 Å². The predicted molar refractivity (Wildman–Crippen MR) is 118 cm³/mol. The average molecular weight is 468 g/mol. The number of nitrogens with zero attached hydrogens (tertiary/aromatic N) is 1. The zero-order valence-electron chi connectivity index (χ0n) is 15.0. The van der Waals surface area contributed by atoms with Crippen molar-refractivity contribution in [2.24, 2.45) is 4.99 Å². The number of hydrogen-bond acceptors (Lipinski definition) is 6. The van der Waals surface area contributed by atoms with Crippen LogP contribution in [0.1, 0.15) is 21.7 Å². The molecule has 0 aliphatic carbocycles. The molecule has 1 atom stereocenters. The van der Waals surface area contributed by atoms with Gasteiger partial charge >= 0.3 is 5.97 Å². The van der Waals surface area contributed by atoms with Gasteiger partial charge in [0, 0.05) is 16.3 Å². The molecular formula is C20H15Cl2NO4S2. The summed E-state index contributed by atoms with van der Waals surface area (Å²) in [6, 6.07) is 12.0. The normalized spacial score (nSPS) is 18.5. The Morgan fingerprint density at radius 1 is 1.17 bits per heavy atom. The van der Waals surface area contributed by atoms with Crippen LogP contribution in [0.4, 0.5) is 0 Å². The van der Waals surface area contributed by atoms with Crippen LogP contribution in [0, 0.1) is 0 Å². The van der Waals surface area contributed by atoms with Crippen molar-refractivity contribution in [3.63, 3.8) is 0 Å². The number of carbonyl (C=O) groups excluding carboxylic acids is 1. The van der Waals surface area contributed by atoms with E-state index in [1.165, 1.54) is 11.3 Å². The SMILES string of the molecule is O=C(Oc1ccc(C=N[C@@H]2CCS(=O)(=O)C2)cc1)c1sc2cccc(Cl)c2c1Cl. The van der Waals surface area contributed by atoms with Gasteiger partial charge in [0.15, 0.2) is 9.84 Å². The first-order valence-corrected chi connectivity index (χ1v) is 12.1. The van der Waals surface area contributed by atoms with Crippen LogP contribution in [0.3, 0.4) is 0 Å². The van der Waals surface area contributed by atoms with E-state index in [0.717, 1.165) is 10.3 Å². The van der Waals surface area contributed by atoms with Crippen LogP contribution < -0.4 is 4.74 Å². The quantitative estimate of drug-likeness (QED) is 0.306. The maximum Gasteiger partial charge on any atom is 0.355 e. The standard InChI is InChI=1S/C20H15Cl2NO4S2/c21-15-2-1-3-16-17(15)18(22)19(28-16)20(24)27-14-6-4-12(5-7-14)10-23-13-8-9-29(25,26)11-13/h1-7,10,13H,8-9,11H2/t13-/m1/s1. The molecular weight excluding hydrogens is 453 g/mol. The van der Waals surface area contributed by atoms with Gasteiger partial charge in [-0.1, -0.05) is 29.3 Å². The van der Waals surface area contributed by atoms with E-state index < -0.39 is 15.8 Å². The summed E-state index contributed by atoms with van der Waals surface area (Å²) in [5.74, 6) is 0.106. The summed E-state index contributed by atoms with van der Waals surface area (Å²) < 4.78 is 29.2. The number of halogens is 2. The number of sulfone groups is 1. The first-order chi connectivity index (χ1) is 13.8. The van der Waals surface area contributed by atoms with Crippen LogP contribution in [0.2, 0.25) is 10.0 Å². The molecule has 2 heterocycles. The monoisotopic (exact) mass is 467 g/mol. The number of fused-ring (bicyclic) bond motifs is 1. The van der Waals surface area contributed by atoms with Gasteiger partial charge in [-0.15, -0.1) is 11.3 Å². The number of benzene rings is 2. The van der Waals surface area contributed by atoms with Crippen molar-refractivity contribution < 1.29 is 17.9 Å². The molecule has 1 saturated heterocycles. The van der Waals surface area contributed by atoms with E-state index in [9.17, 15) is 13.2 Å². The Bertz CT molecular complexity index is 1220. The zero-order chi connectivity index (χ0) is 20.6. The van der Waals surface area contributed by atoms with E-state index in [-0.39, 0.29) is 22.6 Å². The minimum Gasteiger partial charge on any atom is -0.422 e. The summed E-state index contributed by atoms with van der Waals surface area (Å²) in [6.07, 6.45) is 2.19. The highest BCUT2D eigenvalue weighted by Crippen LogP contribution is 2.39. The van der Waals surface area contributed by atoms with Crippen molar-refractivity contribution in [1.82, 2.24) is 0 Å². The Balaban J connectivity index is 1.46. The van der Waals surface area contributed by atoms with Gasteiger partial charge in [-0.2, -0.15) is 0 Å². The first kappa shape index (κ1) is 20.3. The molecule has 29 heavy (non-hydrogen) atoms. The molecule has 150 valence electrons. The Hall–Kier alpha value is -1.93. The third-order valence-corrected chi connectivity index (χ3v) is 8.22. The fraction of sp³-hybridized carbons (Fsp3) is 0.200. The number of hydrogen-bond donors (Lipinski definition) is 0. The van der Waals surface area contributed by atoms with Crippen LogP contribution >= 0.6 is 34.5 Å². The average Bonchev–Trinajstić information content (AvgIpc) is 3.21. The topological polar surface area (TPSA) is 72.8 Å². The van der Waals surface area contributed by atoms with Crippen LogP contribution in [-0.4, -0.2) is 38.1 Å². The van der Waals surface area contributed by atoms with Gasteiger partial charge in [0.1, 0.15) is 10.6 Å². The first-order valence-electron chi connectivity index (χ1n) is 8.75. The van der Waals surface area contributed by atoms with Crippen molar-refractivity contribution in [3.8, 4) is 5.75 Å². The number of rotatable bonds is 4. The Labute approximate surface area is 181 Å². The van der Waals surface area contributed by atoms with Crippen LogP contribution in [-0.2, 0) is 9.84 Å². The van der Waals surface area contributed by atoms with Gasteiger partial charge < -0.3 is 4.74 Å². The molecule has 1 aliphatic rings. The lowest BCUT2D eigenvalue weighted by Gasteiger charge is -2.04. The molecule has 5 nitrogen and oxygen atoms in total.